The molecule has 0 atom stereocenters. The molecular formula is C17H24N2O4S. The predicted octanol–water partition coefficient (Wildman–Crippen LogP) is 1.51. The number of rotatable bonds is 5. The fourth-order valence-electron chi connectivity index (χ4n) is 2.64. The van der Waals surface area contributed by atoms with Crippen LogP contribution in [0.5, 0.6) is 0 Å². The molecule has 0 N–H and O–H groups in total. The van der Waals surface area contributed by atoms with Crippen LogP contribution in [0.3, 0.4) is 0 Å². The van der Waals surface area contributed by atoms with Crippen LogP contribution >= 0.6 is 0 Å². The highest BCUT2D eigenvalue weighted by Gasteiger charge is 2.30. The highest BCUT2D eigenvalue weighted by molar-refractivity contribution is 7.89. The van der Waals surface area contributed by atoms with E-state index in [2.05, 4.69) is 0 Å². The maximum absolute atomic E-state index is 12.7. The van der Waals surface area contributed by atoms with Crippen LogP contribution in [-0.2, 0) is 19.6 Å². The molecule has 1 fully saturated rings. The summed E-state index contributed by atoms with van der Waals surface area (Å²) in [5.74, 6) is -0.104. The van der Waals surface area contributed by atoms with E-state index in [1.807, 2.05) is 19.9 Å². The summed E-state index contributed by atoms with van der Waals surface area (Å²) in [7, 11) is -3.53. The third-order valence-electron chi connectivity index (χ3n) is 4.40. The van der Waals surface area contributed by atoms with Crippen molar-refractivity contribution >= 4 is 21.7 Å². The molecule has 0 unspecified atom stereocenters. The Bertz CT molecular complexity index is 735. The Kier molecular flexibility index (Phi) is 5.77. The molecule has 1 aromatic carbocycles. The smallest absolute Gasteiger partial charge is 0.243 e. The molecule has 2 rings (SSSR count). The second kappa shape index (κ2) is 7.44. The average molecular weight is 352 g/mol. The van der Waals surface area contributed by atoms with Crippen LogP contribution in [0.25, 0.3) is 0 Å². The van der Waals surface area contributed by atoms with Crippen LogP contribution in [0, 0.1) is 13.8 Å². The van der Waals surface area contributed by atoms with Gasteiger partial charge in [0, 0.05) is 39.0 Å². The number of carbonyl (C=O) groups is 2. The van der Waals surface area contributed by atoms with Gasteiger partial charge in [0.15, 0.2) is 0 Å². The van der Waals surface area contributed by atoms with E-state index in [4.69, 9.17) is 0 Å². The van der Waals surface area contributed by atoms with E-state index in [1.54, 1.807) is 17.0 Å². The Morgan fingerprint density at radius 1 is 1.00 bits per heavy atom. The summed E-state index contributed by atoms with van der Waals surface area (Å²) in [5, 5.41) is 0. The molecule has 1 aliphatic rings. The maximum Gasteiger partial charge on any atom is 0.243 e. The lowest BCUT2D eigenvalue weighted by molar-refractivity contribution is -0.134. The zero-order valence-electron chi connectivity index (χ0n) is 14.4. The van der Waals surface area contributed by atoms with Gasteiger partial charge in [-0.2, -0.15) is 4.31 Å². The number of hydrogen-bond acceptors (Lipinski definition) is 4. The quantitative estimate of drug-likeness (QED) is 0.805. The van der Waals surface area contributed by atoms with Crippen molar-refractivity contribution in [2.24, 2.45) is 0 Å². The molecule has 1 saturated heterocycles. The molecule has 1 heterocycles. The van der Waals surface area contributed by atoms with Gasteiger partial charge in [0.2, 0.25) is 15.9 Å². The van der Waals surface area contributed by atoms with E-state index in [0.29, 0.717) is 18.0 Å². The van der Waals surface area contributed by atoms with Crippen LogP contribution in [0.2, 0.25) is 0 Å². The van der Waals surface area contributed by atoms with Gasteiger partial charge in [-0.1, -0.05) is 6.07 Å². The van der Waals surface area contributed by atoms with E-state index in [-0.39, 0.29) is 37.6 Å². The molecule has 1 aliphatic heterocycles. The van der Waals surface area contributed by atoms with Crippen LogP contribution < -0.4 is 0 Å². The summed E-state index contributed by atoms with van der Waals surface area (Å²) in [6.07, 6.45) is 0.430. The van der Waals surface area contributed by atoms with Crippen molar-refractivity contribution in [3.8, 4) is 0 Å². The van der Waals surface area contributed by atoms with Gasteiger partial charge in [0.05, 0.1) is 4.90 Å². The van der Waals surface area contributed by atoms with Crippen LogP contribution in [-0.4, -0.2) is 55.5 Å². The lowest BCUT2D eigenvalue weighted by atomic mass is 10.1. The third kappa shape index (κ3) is 4.21. The topological polar surface area (TPSA) is 74.8 Å². The average Bonchev–Trinajstić information content (AvgIpc) is 2.55. The minimum atomic E-state index is -3.53. The Hall–Kier alpha value is -1.73. The van der Waals surface area contributed by atoms with E-state index in [9.17, 15) is 18.0 Å². The van der Waals surface area contributed by atoms with Crippen molar-refractivity contribution in [2.45, 2.75) is 38.5 Å². The molecule has 0 saturated carbocycles. The van der Waals surface area contributed by atoms with E-state index < -0.39 is 10.0 Å². The van der Waals surface area contributed by atoms with E-state index in [1.165, 1.54) is 11.2 Å². The molecule has 24 heavy (non-hydrogen) atoms. The first-order chi connectivity index (χ1) is 11.2. The number of hydrogen-bond donors (Lipinski definition) is 0. The number of amides is 1. The lowest BCUT2D eigenvalue weighted by Gasteiger charge is -2.34. The molecule has 1 amide bonds. The largest absolute Gasteiger partial charge is 0.340 e. The first-order valence-electron chi connectivity index (χ1n) is 8.06. The summed E-state index contributed by atoms with van der Waals surface area (Å²) in [4.78, 5) is 24.9. The predicted molar refractivity (Wildman–Crippen MR) is 91.2 cm³/mol. The van der Waals surface area contributed by atoms with Crippen LogP contribution in [0.4, 0.5) is 0 Å². The zero-order valence-corrected chi connectivity index (χ0v) is 15.2. The van der Waals surface area contributed by atoms with Crippen molar-refractivity contribution in [3.63, 3.8) is 0 Å². The zero-order chi connectivity index (χ0) is 17.9. The molecule has 0 aliphatic carbocycles. The number of benzene rings is 1. The van der Waals surface area contributed by atoms with Gasteiger partial charge in [-0.15, -0.1) is 0 Å². The first kappa shape index (κ1) is 18.6. The van der Waals surface area contributed by atoms with Crippen LogP contribution in [0.1, 0.15) is 30.9 Å². The Labute approximate surface area is 143 Å². The highest BCUT2D eigenvalue weighted by Crippen LogP contribution is 2.20. The number of carbonyl (C=O) groups excluding carboxylic acids is 2. The molecular weight excluding hydrogens is 328 g/mol. The molecule has 0 spiro atoms. The summed E-state index contributed by atoms with van der Waals surface area (Å²) in [5.41, 5.74) is 1.99. The number of aryl methyl sites for hydroxylation is 2. The summed E-state index contributed by atoms with van der Waals surface area (Å²) >= 11 is 0. The molecule has 132 valence electrons. The fourth-order valence-corrected chi connectivity index (χ4v) is 4.15. The normalized spacial score (nSPS) is 16.2. The first-order valence-corrected chi connectivity index (χ1v) is 9.50. The molecule has 0 bridgehead atoms. The number of ketones is 1. The minimum absolute atomic E-state index is 0.0145. The molecule has 7 heteroatoms. The van der Waals surface area contributed by atoms with Crippen molar-refractivity contribution < 1.29 is 18.0 Å². The molecule has 1 aromatic rings. The van der Waals surface area contributed by atoms with Crippen molar-refractivity contribution in [1.29, 1.82) is 0 Å². The number of Topliss-reactive ketones (excluding diaryl/α,β-unsaturated/α-hetero) is 1. The van der Waals surface area contributed by atoms with E-state index >= 15 is 0 Å². The molecule has 0 aromatic heterocycles. The van der Waals surface area contributed by atoms with Crippen LogP contribution in [0.15, 0.2) is 23.1 Å². The molecule has 6 nitrogen and oxygen atoms in total. The minimum Gasteiger partial charge on any atom is -0.340 e. The van der Waals surface area contributed by atoms with Gasteiger partial charge in [-0.3, -0.25) is 4.79 Å². The molecule has 0 radical (unpaired) electrons. The highest BCUT2D eigenvalue weighted by atomic mass is 32.2. The summed E-state index contributed by atoms with van der Waals surface area (Å²) < 4.78 is 26.9. The number of sulfonamides is 1. The third-order valence-corrected chi connectivity index (χ3v) is 6.29. The van der Waals surface area contributed by atoms with Crippen molar-refractivity contribution in [3.05, 3.63) is 29.3 Å². The van der Waals surface area contributed by atoms with Gasteiger partial charge >= 0.3 is 0 Å². The van der Waals surface area contributed by atoms with Gasteiger partial charge < -0.3 is 9.69 Å². The maximum atomic E-state index is 12.7. The van der Waals surface area contributed by atoms with E-state index in [0.717, 1.165) is 11.1 Å². The van der Waals surface area contributed by atoms with Gasteiger partial charge in [-0.05, 0) is 44.0 Å². The van der Waals surface area contributed by atoms with Crippen molar-refractivity contribution in [1.82, 2.24) is 9.21 Å². The summed E-state index contributed by atoms with van der Waals surface area (Å²) in [6, 6.07) is 5.13. The SMILES string of the molecule is CC(=O)CCC(=O)N1CCN(S(=O)(=O)c2ccc(C)c(C)c2)CC1. The Balaban J connectivity index is 2.01. The Morgan fingerprint density at radius 3 is 2.17 bits per heavy atom. The van der Waals surface area contributed by atoms with Crippen molar-refractivity contribution in [2.75, 3.05) is 26.2 Å². The monoisotopic (exact) mass is 352 g/mol. The van der Waals surface area contributed by atoms with Gasteiger partial charge in [-0.25, -0.2) is 8.42 Å². The van der Waals surface area contributed by atoms with Gasteiger partial charge in [0.1, 0.15) is 5.78 Å². The standard InChI is InChI=1S/C17H24N2O4S/c1-13-4-6-16(12-14(13)2)24(22,23)19-10-8-18(9-11-19)17(21)7-5-15(3)20/h4,6,12H,5,7-11H2,1-3H3. The summed E-state index contributed by atoms with van der Waals surface area (Å²) in [6.45, 7) is 6.57. The number of nitrogens with zero attached hydrogens (tertiary/aromatic N) is 2. The van der Waals surface area contributed by atoms with Gasteiger partial charge in [0.25, 0.3) is 0 Å². The number of piperazine rings is 1. The lowest BCUT2D eigenvalue weighted by Crippen LogP contribution is -2.50. The fraction of sp³-hybridized carbons (Fsp3) is 0.529. The second-order valence-corrected chi connectivity index (χ2v) is 8.17. The Morgan fingerprint density at radius 2 is 1.62 bits per heavy atom. The second-order valence-electron chi connectivity index (χ2n) is 6.23.